The van der Waals surface area contributed by atoms with E-state index in [2.05, 4.69) is 0 Å². The van der Waals surface area contributed by atoms with Crippen LogP contribution in [0.25, 0.3) is 0 Å². The summed E-state index contributed by atoms with van der Waals surface area (Å²) < 4.78 is 23.1. The summed E-state index contributed by atoms with van der Waals surface area (Å²) in [5.74, 6) is -0.948. The van der Waals surface area contributed by atoms with Crippen molar-refractivity contribution < 1.29 is 18.3 Å². The summed E-state index contributed by atoms with van der Waals surface area (Å²) in [5.41, 5.74) is 6.27. The number of nitrogens with two attached hydrogens (primary N) is 1. The van der Waals surface area contributed by atoms with Crippen LogP contribution in [0.3, 0.4) is 0 Å². The Balaban J connectivity index is 2.92. The fourth-order valence-corrected chi connectivity index (χ4v) is 2.28. The standard InChI is InChI=1S/C11H15NO4S/c1-2-17(15,16)9-5-3-8(4-6-9)10(12)7-11(13)14/h3-6,10H,2,7,12H2,1H3,(H,13,14)/t10-/m0/s1. The molecule has 94 valence electrons. The predicted octanol–water partition coefficient (Wildman–Crippen LogP) is 0.955. The average Bonchev–Trinajstić information content (AvgIpc) is 2.28. The van der Waals surface area contributed by atoms with Gasteiger partial charge in [-0.3, -0.25) is 4.79 Å². The number of hydrogen-bond donors (Lipinski definition) is 2. The van der Waals surface area contributed by atoms with Crippen LogP contribution in [-0.4, -0.2) is 25.2 Å². The molecule has 0 saturated heterocycles. The molecule has 0 heterocycles. The minimum atomic E-state index is -3.22. The van der Waals surface area contributed by atoms with E-state index in [4.69, 9.17) is 10.8 Å². The molecule has 0 aliphatic heterocycles. The van der Waals surface area contributed by atoms with Gasteiger partial charge in [-0.05, 0) is 17.7 Å². The molecule has 0 unspecified atom stereocenters. The van der Waals surface area contributed by atoms with Crippen LogP contribution < -0.4 is 5.73 Å². The van der Waals surface area contributed by atoms with Crippen LogP contribution >= 0.6 is 0 Å². The van der Waals surface area contributed by atoms with Gasteiger partial charge in [-0.25, -0.2) is 8.42 Å². The predicted molar refractivity (Wildman–Crippen MR) is 63.4 cm³/mol. The lowest BCUT2D eigenvalue weighted by Crippen LogP contribution is -2.15. The third-order valence-corrected chi connectivity index (χ3v) is 4.19. The summed E-state index contributed by atoms with van der Waals surface area (Å²) in [6.45, 7) is 1.57. The van der Waals surface area contributed by atoms with Crippen molar-refractivity contribution in [1.82, 2.24) is 0 Å². The first kappa shape index (κ1) is 13.7. The molecule has 0 aliphatic carbocycles. The normalized spacial score (nSPS) is 13.3. The van der Waals surface area contributed by atoms with Crippen molar-refractivity contribution in [2.24, 2.45) is 5.73 Å². The van der Waals surface area contributed by atoms with Gasteiger partial charge in [-0.15, -0.1) is 0 Å². The largest absolute Gasteiger partial charge is 0.481 e. The van der Waals surface area contributed by atoms with Crippen LogP contribution in [0.15, 0.2) is 29.2 Å². The van der Waals surface area contributed by atoms with E-state index in [9.17, 15) is 13.2 Å². The van der Waals surface area contributed by atoms with Gasteiger partial charge in [0.15, 0.2) is 9.84 Å². The molecular formula is C11H15NO4S. The molecule has 0 amide bonds. The van der Waals surface area contributed by atoms with E-state index in [1.807, 2.05) is 0 Å². The Morgan fingerprint density at radius 2 is 1.88 bits per heavy atom. The van der Waals surface area contributed by atoms with Crippen molar-refractivity contribution in [3.63, 3.8) is 0 Å². The maximum atomic E-state index is 11.5. The third-order valence-electron chi connectivity index (χ3n) is 2.44. The quantitative estimate of drug-likeness (QED) is 0.818. The molecule has 0 aliphatic rings. The highest BCUT2D eigenvalue weighted by atomic mass is 32.2. The first-order chi connectivity index (χ1) is 7.86. The van der Waals surface area contributed by atoms with E-state index in [0.29, 0.717) is 5.56 Å². The van der Waals surface area contributed by atoms with Crippen molar-refractivity contribution >= 4 is 15.8 Å². The zero-order valence-electron chi connectivity index (χ0n) is 9.46. The van der Waals surface area contributed by atoms with Gasteiger partial charge in [-0.2, -0.15) is 0 Å². The lowest BCUT2D eigenvalue weighted by Gasteiger charge is -2.10. The third kappa shape index (κ3) is 3.54. The Kier molecular flexibility index (Phi) is 4.25. The highest BCUT2D eigenvalue weighted by Crippen LogP contribution is 2.18. The van der Waals surface area contributed by atoms with Gasteiger partial charge >= 0.3 is 5.97 Å². The van der Waals surface area contributed by atoms with Gasteiger partial charge in [0, 0.05) is 6.04 Å². The number of aliphatic carboxylic acids is 1. The van der Waals surface area contributed by atoms with Gasteiger partial charge in [0.05, 0.1) is 17.1 Å². The maximum Gasteiger partial charge on any atom is 0.305 e. The van der Waals surface area contributed by atoms with Gasteiger partial charge in [0.25, 0.3) is 0 Å². The number of benzene rings is 1. The Morgan fingerprint density at radius 3 is 2.29 bits per heavy atom. The van der Waals surface area contributed by atoms with Crippen LogP contribution in [0, 0.1) is 0 Å². The number of carbonyl (C=O) groups is 1. The first-order valence-electron chi connectivity index (χ1n) is 5.17. The Morgan fingerprint density at radius 1 is 1.35 bits per heavy atom. The van der Waals surface area contributed by atoms with Crippen molar-refractivity contribution in [3.8, 4) is 0 Å². The molecule has 0 fully saturated rings. The first-order valence-corrected chi connectivity index (χ1v) is 6.82. The summed E-state index contributed by atoms with van der Waals surface area (Å²) in [7, 11) is -3.22. The molecule has 0 radical (unpaired) electrons. The molecule has 1 atom stereocenters. The van der Waals surface area contributed by atoms with Crippen LogP contribution in [0.4, 0.5) is 0 Å². The summed E-state index contributed by atoms with van der Waals surface area (Å²) in [6, 6.07) is 5.39. The van der Waals surface area contributed by atoms with E-state index >= 15 is 0 Å². The van der Waals surface area contributed by atoms with E-state index in [1.54, 1.807) is 19.1 Å². The molecule has 0 aromatic heterocycles. The summed E-state index contributed by atoms with van der Waals surface area (Å²) in [5, 5.41) is 8.59. The average molecular weight is 257 g/mol. The lowest BCUT2D eigenvalue weighted by atomic mass is 10.1. The second kappa shape index (κ2) is 5.29. The van der Waals surface area contributed by atoms with Crippen molar-refractivity contribution in [2.75, 3.05) is 5.75 Å². The van der Waals surface area contributed by atoms with Crippen LogP contribution in [0.2, 0.25) is 0 Å². The molecule has 6 heteroatoms. The fraction of sp³-hybridized carbons (Fsp3) is 0.364. The Bertz CT molecular complexity index is 493. The van der Waals surface area contributed by atoms with Crippen LogP contribution in [0.5, 0.6) is 0 Å². The Hall–Kier alpha value is -1.40. The molecule has 17 heavy (non-hydrogen) atoms. The zero-order chi connectivity index (χ0) is 13.1. The molecule has 0 saturated carbocycles. The van der Waals surface area contributed by atoms with E-state index in [-0.39, 0.29) is 17.1 Å². The number of rotatable bonds is 5. The van der Waals surface area contributed by atoms with Crippen molar-refractivity contribution in [3.05, 3.63) is 29.8 Å². The second-order valence-electron chi connectivity index (χ2n) is 3.68. The highest BCUT2D eigenvalue weighted by molar-refractivity contribution is 7.91. The minimum absolute atomic E-state index is 0.0352. The number of hydrogen-bond acceptors (Lipinski definition) is 4. The summed E-state index contributed by atoms with van der Waals surface area (Å²) in [4.78, 5) is 10.7. The molecular weight excluding hydrogens is 242 g/mol. The number of carboxylic acid groups (broad SMARTS) is 1. The maximum absolute atomic E-state index is 11.5. The van der Waals surface area contributed by atoms with Gasteiger partial charge in [0.2, 0.25) is 0 Å². The van der Waals surface area contributed by atoms with E-state index < -0.39 is 21.8 Å². The van der Waals surface area contributed by atoms with Gasteiger partial charge in [0.1, 0.15) is 0 Å². The van der Waals surface area contributed by atoms with Crippen LogP contribution in [-0.2, 0) is 14.6 Å². The highest BCUT2D eigenvalue weighted by Gasteiger charge is 2.14. The van der Waals surface area contributed by atoms with Gasteiger partial charge in [-0.1, -0.05) is 19.1 Å². The molecule has 0 spiro atoms. The SMILES string of the molecule is CCS(=O)(=O)c1ccc([C@@H](N)CC(=O)O)cc1. The van der Waals surface area contributed by atoms with Crippen molar-refractivity contribution in [1.29, 1.82) is 0 Å². The molecule has 3 N–H and O–H groups in total. The molecule has 1 aromatic carbocycles. The van der Waals surface area contributed by atoms with Gasteiger partial charge < -0.3 is 10.8 Å². The Labute approximate surface area is 100 Å². The summed E-state index contributed by atoms with van der Waals surface area (Å²) in [6.07, 6.45) is -0.181. The zero-order valence-corrected chi connectivity index (χ0v) is 10.3. The molecule has 1 aromatic rings. The fourth-order valence-electron chi connectivity index (χ4n) is 1.40. The second-order valence-corrected chi connectivity index (χ2v) is 5.96. The summed E-state index contributed by atoms with van der Waals surface area (Å²) >= 11 is 0. The topological polar surface area (TPSA) is 97.5 Å². The molecule has 1 rings (SSSR count). The van der Waals surface area contributed by atoms with E-state index in [1.165, 1.54) is 12.1 Å². The number of sulfone groups is 1. The van der Waals surface area contributed by atoms with Crippen molar-refractivity contribution in [2.45, 2.75) is 24.3 Å². The number of carboxylic acids is 1. The minimum Gasteiger partial charge on any atom is -0.481 e. The molecule has 0 bridgehead atoms. The monoisotopic (exact) mass is 257 g/mol. The molecule has 5 nitrogen and oxygen atoms in total. The lowest BCUT2D eigenvalue weighted by molar-refractivity contribution is -0.137. The van der Waals surface area contributed by atoms with E-state index in [0.717, 1.165) is 0 Å². The van der Waals surface area contributed by atoms with Crippen LogP contribution in [0.1, 0.15) is 24.9 Å². The smallest absolute Gasteiger partial charge is 0.305 e.